The fraction of sp³-hybridized carbons (Fsp3) is 0.280. The number of hydrogen-bond donors (Lipinski definition) is 2. The predicted molar refractivity (Wildman–Crippen MR) is 143 cm³/mol. The maximum atomic E-state index is 13.3. The topological polar surface area (TPSA) is 114 Å². The van der Waals surface area contributed by atoms with Crippen molar-refractivity contribution in [1.82, 2.24) is 24.6 Å². The highest BCUT2D eigenvalue weighted by atomic mass is 35.5. The van der Waals surface area contributed by atoms with Crippen molar-refractivity contribution in [3.63, 3.8) is 0 Å². The van der Waals surface area contributed by atoms with Crippen LogP contribution in [0.3, 0.4) is 0 Å². The molecule has 4 aromatic rings. The number of para-hydroxylation sites is 1. The Morgan fingerprint density at radius 2 is 1.81 bits per heavy atom. The highest BCUT2D eigenvalue weighted by Crippen LogP contribution is 2.34. The van der Waals surface area contributed by atoms with Gasteiger partial charge in [-0.25, -0.2) is 14.8 Å². The van der Waals surface area contributed by atoms with Crippen molar-refractivity contribution in [3.8, 4) is 0 Å². The van der Waals surface area contributed by atoms with Gasteiger partial charge in [-0.05, 0) is 45.0 Å². The van der Waals surface area contributed by atoms with Crippen LogP contribution >= 0.6 is 23.2 Å². The lowest BCUT2D eigenvalue weighted by atomic mass is 10.2. The average molecular weight is 543 g/mol. The zero-order chi connectivity index (χ0) is 26.5. The Labute approximate surface area is 221 Å². The van der Waals surface area contributed by atoms with Crippen molar-refractivity contribution in [2.24, 2.45) is 7.05 Å². The van der Waals surface area contributed by atoms with E-state index in [0.29, 0.717) is 56.0 Å². The zero-order valence-electron chi connectivity index (χ0n) is 20.6. The summed E-state index contributed by atoms with van der Waals surface area (Å²) in [6.07, 6.45) is 1.05. The summed E-state index contributed by atoms with van der Waals surface area (Å²) in [6, 6.07) is 8.75. The SMILES string of the molecule is Cn1c(Nc2c(Cl)cccc2Cl)nc2ccc3nc(C4=CCN(OC(=O)OC(C)(C)C)C4)[nH]c(=O)c3c21. The predicted octanol–water partition coefficient (Wildman–Crippen LogP) is 5.43. The number of benzene rings is 2. The Kier molecular flexibility index (Phi) is 6.35. The molecule has 0 amide bonds. The molecule has 12 heteroatoms. The molecule has 37 heavy (non-hydrogen) atoms. The summed E-state index contributed by atoms with van der Waals surface area (Å²) in [7, 11) is 1.79. The molecule has 1 aliphatic rings. The van der Waals surface area contributed by atoms with E-state index >= 15 is 0 Å². The van der Waals surface area contributed by atoms with Crippen LogP contribution in [0.4, 0.5) is 16.4 Å². The van der Waals surface area contributed by atoms with E-state index in [1.807, 2.05) is 6.08 Å². The second-order valence-electron chi connectivity index (χ2n) is 9.57. The van der Waals surface area contributed by atoms with Gasteiger partial charge in [-0.2, -0.15) is 0 Å². The largest absolute Gasteiger partial charge is 0.528 e. The fourth-order valence-electron chi connectivity index (χ4n) is 4.07. The number of carbonyl (C=O) groups excluding carboxylic acids is 1. The van der Waals surface area contributed by atoms with Gasteiger partial charge in [0.25, 0.3) is 5.56 Å². The van der Waals surface area contributed by atoms with E-state index < -0.39 is 11.8 Å². The Bertz CT molecular complexity index is 1620. The van der Waals surface area contributed by atoms with Crippen LogP contribution in [0.1, 0.15) is 26.6 Å². The number of imidazole rings is 1. The average Bonchev–Trinajstić information content (AvgIpc) is 3.39. The van der Waals surface area contributed by atoms with Gasteiger partial charge in [0.15, 0.2) is 0 Å². The number of nitrogens with one attached hydrogen (secondary N) is 2. The monoisotopic (exact) mass is 542 g/mol. The first kappa shape index (κ1) is 25.1. The maximum absolute atomic E-state index is 13.3. The molecule has 0 spiro atoms. The number of fused-ring (bicyclic) bond motifs is 3. The molecule has 0 saturated heterocycles. The van der Waals surface area contributed by atoms with E-state index in [2.05, 4.69) is 20.3 Å². The minimum Gasteiger partial charge on any atom is -0.427 e. The summed E-state index contributed by atoms with van der Waals surface area (Å²) in [6.45, 7) is 5.88. The summed E-state index contributed by atoms with van der Waals surface area (Å²) < 4.78 is 6.96. The number of H-pyrrole nitrogens is 1. The van der Waals surface area contributed by atoms with E-state index in [-0.39, 0.29) is 12.1 Å². The van der Waals surface area contributed by atoms with Crippen molar-refractivity contribution in [2.45, 2.75) is 26.4 Å². The van der Waals surface area contributed by atoms with E-state index in [1.165, 1.54) is 5.06 Å². The number of aryl methyl sites for hydroxylation is 1. The summed E-state index contributed by atoms with van der Waals surface area (Å²) in [5, 5.41) is 5.89. The summed E-state index contributed by atoms with van der Waals surface area (Å²) in [5.74, 6) is 0.866. The molecule has 192 valence electrons. The number of halogens is 2. The van der Waals surface area contributed by atoms with Crippen molar-refractivity contribution < 1.29 is 14.4 Å². The molecular weight excluding hydrogens is 519 g/mol. The molecule has 0 atom stereocenters. The van der Waals surface area contributed by atoms with Gasteiger partial charge < -0.3 is 24.4 Å². The third kappa shape index (κ3) is 5.00. The van der Waals surface area contributed by atoms with Gasteiger partial charge in [-0.15, -0.1) is 5.06 Å². The third-order valence-electron chi connectivity index (χ3n) is 5.69. The number of aromatic nitrogens is 4. The van der Waals surface area contributed by atoms with Gasteiger partial charge in [0.05, 0.1) is 50.8 Å². The molecule has 2 aromatic heterocycles. The fourth-order valence-corrected chi connectivity index (χ4v) is 4.56. The van der Waals surface area contributed by atoms with Crippen molar-refractivity contribution in [2.75, 3.05) is 18.4 Å². The molecule has 2 N–H and O–H groups in total. The van der Waals surface area contributed by atoms with Crippen LogP contribution in [0.2, 0.25) is 10.0 Å². The number of anilines is 2. The maximum Gasteiger partial charge on any atom is 0.528 e. The lowest BCUT2D eigenvalue weighted by molar-refractivity contribution is -0.125. The summed E-state index contributed by atoms with van der Waals surface area (Å²) in [4.78, 5) is 42.7. The second-order valence-corrected chi connectivity index (χ2v) is 10.4. The van der Waals surface area contributed by atoms with E-state index in [9.17, 15) is 9.59 Å². The van der Waals surface area contributed by atoms with Crippen LogP contribution in [-0.2, 0) is 16.6 Å². The molecule has 3 heterocycles. The van der Waals surface area contributed by atoms with Crippen molar-refractivity contribution in [1.29, 1.82) is 0 Å². The van der Waals surface area contributed by atoms with Gasteiger partial charge in [-0.1, -0.05) is 35.3 Å². The number of nitrogens with zero attached hydrogens (tertiary/aromatic N) is 4. The highest BCUT2D eigenvalue weighted by Gasteiger charge is 2.25. The Morgan fingerprint density at radius 1 is 1.11 bits per heavy atom. The normalized spacial score (nSPS) is 14.3. The van der Waals surface area contributed by atoms with Gasteiger partial charge in [0.1, 0.15) is 11.4 Å². The number of hydroxylamine groups is 2. The molecule has 0 radical (unpaired) electrons. The van der Waals surface area contributed by atoms with Crippen LogP contribution in [0.15, 0.2) is 41.2 Å². The second kappa shape index (κ2) is 9.37. The molecule has 5 rings (SSSR count). The quantitative estimate of drug-likeness (QED) is 0.328. The minimum absolute atomic E-state index is 0.258. The first-order chi connectivity index (χ1) is 17.5. The van der Waals surface area contributed by atoms with Crippen LogP contribution in [0.25, 0.3) is 27.5 Å². The number of aromatic amines is 1. The number of hydrogen-bond acceptors (Lipinski definition) is 8. The van der Waals surface area contributed by atoms with Crippen molar-refractivity contribution in [3.05, 3.63) is 62.6 Å². The molecular formula is C25H24Cl2N6O4. The van der Waals surface area contributed by atoms with Crippen LogP contribution in [0, 0.1) is 0 Å². The van der Waals surface area contributed by atoms with Crippen molar-refractivity contribution >= 4 is 68.5 Å². The summed E-state index contributed by atoms with van der Waals surface area (Å²) >= 11 is 12.6. The van der Waals surface area contributed by atoms with E-state index in [1.54, 1.807) is 62.7 Å². The highest BCUT2D eigenvalue weighted by molar-refractivity contribution is 6.39. The van der Waals surface area contributed by atoms with Crippen LogP contribution in [0.5, 0.6) is 0 Å². The van der Waals surface area contributed by atoms with Gasteiger partial charge in [0.2, 0.25) is 5.95 Å². The molecule has 0 aliphatic carbocycles. The lowest BCUT2D eigenvalue weighted by Gasteiger charge is -2.21. The molecule has 0 saturated carbocycles. The molecule has 2 aromatic carbocycles. The smallest absolute Gasteiger partial charge is 0.427 e. The van der Waals surface area contributed by atoms with Gasteiger partial charge in [-0.3, -0.25) is 4.79 Å². The third-order valence-corrected chi connectivity index (χ3v) is 6.32. The number of rotatable bonds is 4. The molecule has 1 aliphatic heterocycles. The first-order valence-corrected chi connectivity index (χ1v) is 12.2. The van der Waals surface area contributed by atoms with Crippen LogP contribution in [-0.4, -0.2) is 49.4 Å². The molecule has 0 bridgehead atoms. The Morgan fingerprint density at radius 3 is 2.51 bits per heavy atom. The summed E-state index contributed by atoms with van der Waals surface area (Å²) in [5.41, 5.74) is 1.99. The molecule has 0 fully saturated rings. The Hall–Kier alpha value is -3.60. The van der Waals surface area contributed by atoms with Gasteiger partial charge in [0, 0.05) is 12.6 Å². The standard InChI is InChI=1S/C25H24Cl2N6O4/c1-25(2,3)36-24(35)37-33-11-10-13(12-33)21-28-16-8-9-17-20(18(16)22(34)31-21)32(4)23(29-17)30-19-14(26)6-5-7-15(19)27/h5-10H,11-12H2,1-4H3,(H,29,30)(H,28,31,34). The van der Waals surface area contributed by atoms with E-state index in [4.69, 9.17) is 32.8 Å². The first-order valence-electron chi connectivity index (χ1n) is 11.5. The molecule has 10 nitrogen and oxygen atoms in total. The Balaban J connectivity index is 1.44. The van der Waals surface area contributed by atoms with Crippen LogP contribution < -0.4 is 10.9 Å². The van der Waals surface area contributed by atoms with Gasteiger partial charge >= 0.3 is 6.16 Å². The lowest BCUT2D eigenvalue weighted by Crippen LogP contribution is -2.31. The van der Waals surface area contributed by atoms with E-state index in [0.717, 1.165) is 5.57 Å². The minimum atomic E-state index is -0.789. The number of carbonyl (C=O) groups is 1. The zero-order valence-corrected chi connectivity index (χ0v) is 22.1. The number of ether oxygens (including phenoxy) is 1. The molecule has 0 unspecified atom stereocenters.